The van der Waals surface area contributed by atoms with Crippen molar-refractivity contribution < 1.29 is 14.3 Å². The van der Waals surface area contributed by atoms with E-state index in [1.165, 1.54) is 4.90 Å². The summed E-state index contributed by atoms with van der Waals surface area (Å²) in [6.07, 6.45) is -0.0683. The summed E-state index contributed by atoms with van der Waals surface area (Å²) in [7, 11) is 0. The maximum atomic E-state index is 12.2. The molecular weight excluding hydrogens is 360 g/mol. The minimum atomic E-state index is -0.0683. The van der Waals surface area contributed by atoms with E-state index >= 15 is 0 Å². The number of carbonyl (C=O) groups is 1. The molecule has 0 aliphatic carbocycles. The van der Waals surface area contributed by atoms with Crippen molar-refractivity contribution in [2.75, 3.05) is 38.5 Å². The van der Waals surface area contributed by atoms with E-state index in [9.17, 15) is 4.79 Å². The van der Waals surface area contributed by atoms with Crippen LogP contribution in [0.4, 0.5) is 0 Å². The second-order valence-corrected chi connectivity index (χ2v) is 7.51. The largest absolute Gasteiger partial charge is 0.486 e. The Morgan fingerprint density at radius 1 is 1.15 bits per heavy atom. The fourth-order valence-corrected chi connectivity index (χ4v) is 3.67. The van der Waals surface area contributed by atoms with E-state index in [0.29, 0.717) is 26.2 Å². The molecule has 1 heterocycles. The van der Waals surface area contributed by atoms with Crippen LogP contribution in [0.2, 0.25) is 0 Å². The van der Waals surface area contributed by atoms with Gasteiger partial charge >= 0.3 is 0 Å². The van der Waals surface area contributed by atoms with E-state index in [-0.39, 0.29) is 12.0 Å². The highest BCUT2D eigenvalue weighted by Crippen LogP contribution is 2.30. The van der Waals surface area contributed by atoms with Crippen LogP contribution in [0.5, 0.6) is 11.5 Å². The van der Waals surface area contributed by atoms with Gasteiger partial charge in [-0.25, -0.2) is 0 Å². The summed E-state index contributed by atoms with van der Waals surface area (Å²) < 4.78 is 11.7. The molecule has 1 amide bonds. The number of hydrogen-bond acceptors (Lipinski definition) is 5. The van der Waals surface area contributed by atoms with Gasteiger partial charge in [0.15, 0.2) is 11.5 Å². The smallest absolute Gasteiger partial charge is 0.234 e. The van der Waals surface area contributed by atoms with Crippen LogP contribution in [0, 0.1) is 0 Å². The number of benzene rings is 2. The molecule has 0 saturated carbocycles. The Bertz CT molecular complexity index is 726. The van der Waals surface area contributed by atoms with E-state index in [2.05, 4.69) is 29.3 Å². The summed E-state index contributed by atoms with van der Waals surface area (Å²) in [6.45, 7) is 5.03. The van der Waals surface area contributed by atoms with Crippen LogP contribution in [-0.4, -0.2) is 55.4 Å². The molecule has 5 nitrogen and oxygen atoms in total. The van der Waals surface area contributed by atoms with Crippen molar-refractivity contribution in [1.29, 1.82) is 0 Å². The Kier molecular flexibility index (Phi) is 7.42. The monoisotopic (exact) mass is 386 g/mol. The number of fused-ring (bicyclic) bond motifs is 1. The number of hydrogen-bond donors (Lipinski definition) is 1. The molecular formula is C21H26N2O3S. The molecule has 0 radical (unpaired) electrons. The first-order valence-corrected chi connectivity index (χ1v) is 10.3. The Morgan fingerprint density at radius 3 is 2.67 bits per heavy atom. The highest BCUT2D eigenvalue weighted by atomic mass is 32.2. The molecule has 0 bridgehead atoms. The zero-order valence-electron chi connectivity index (χ0n) is 15.6. The number of nitrogens with one attached hydrogen (secondary N) is 1. The van der Waals surface area contributed by atoms with Gasteiger partial charge in [-0.1, -0.05) is 37.3 Å². The Balaban J connectivity index is 1.37. The maximum absolute atomic E-state index is 12.2. The zero-order chi connectivity index (χ0) is 18.9. The van der Waals surface area contributed by atoms with Crippen LogP contribution < -0.4 is 14.8 Å². The fourth-order valence-electron chi connectivity index (χ4n) is 2.88. The Labute approximate surface area is 165 Å². The topological polar surface area (TPSA) is 50.8 Å². The predicted octanol–water partition coefficient (Wildman–Crippen LogP) is 3.06. The molecule has 27 heavy (non-hydrogen) atoms. The van der Waals surface area contributed by atoms with E-state index in [1.54, 1.807) is 11.8 Å². The summed E-state index contributed by atoms with van der Waals surface area (Å²) in [6, 6.07) is 17.9. The van der Waals surface area contributed by atoms with Crippen molar-refractivity contribution in [3.05, 3.63) is 54.6 Å². The predicted molar refractivity (Wildman–Crippen MR) is 109 cm³/mol. The molecule has 0 fully saturated rings. The second-order valence-electron chi connectivity index (χ2n) is 6.34. The minimum Gasteiger partial charge on any atom is -0.486 e. The van der Waals surface area contributed by atoms with Crippen molar-refractivity contribution in [3.8, 4) is 11.5 Å². The van der Waals surface area contributed by atoms with Gasteiger partial charge in [0.1, 0.15) is 12.7 Å². The van der Waals surface area contributed by atoms with E-state index < -0.39 is 0 Å². The number of likely N-dealkylation sites (N-methyl/N-ethyl adjacent to an activating group) is 1. The first-order chi connectivity index (χ1) is 13.2. The standard InChI is InChI=1S/C21H26N2O3S/c1-2-23(14-17-16-25-19-10-6-7-11-20(19)26-17)15-21(24)22-12-13-27-18-8-4-3-5-9-18/h3-11,17H,2,12-16H2,1H3,(H,22,24). The first kappa shape index (κ1) is 19.6. The lowest BCUT2D eigenvalue weighted by atomic mass is 10.2. The first-order valence-electron chi connectivity index (χ1n) is 9.30. The zero-order valence-corrected chi connectivity index (χ0v) is 16.4. The lowest BCUT2D eigenvalue weighted by Gasteiger charge is -2.30. The van der Waals surface area contributed by atoms with E-state index in [4.69, 9.17) is 9.47 Å². The van der Waals surface area contributed by atoms with Crippen LogP contribution in [-0.2, 0) is 4.79 Å². The molecule has 0 aromatic heterocycles. The Morgan fingerprint density at radius 2 is 1.89 bits per heavy atom. The molecule has 1 N–H and O–H groups in total. The minimum absolute atomic E-state index is 0.0441. The van der Waals surface area contributed by atoms with Gasteiger partial charge in [-0.15, -0.1) is 11.8 Å². The van der Waals surface area contributed by atoms with Crippen molar-refractivity contribution in [1.82, 2.24) is 10.2 Å². The number of nitrogens with zero attached hydrogens (tertiary/aromatic N) is 1. The van der Waals surface area contributed by atoms with Gasteiger partial charge in [0.05, 0.1) is 6.54 Å². The summed E-state index contributed by atoms with van der Waals surface area (Å²) in [5.74, 6) is 2.46. The molecule has 1 aliphatic rings. The average Bonchev–Trinajstić information content (AvgIpc) is 2.71. The van der Waals surface area contributed by atoms with Gasteiger partial charge in [-0.05, 0) is 30.8 Å². The van der Waals surface area contributed by atoms with Crippen molar-refractivity contribution in [2.45, 2.75) is 17.9 Å². The van der Waals surface area contributed by atoms with Gasteiger partial charge in [-0.2, -0.15) is 0 Å². The molecule has 1 atom stereocenters. The lowest BCUT2D eigenvalue weighted by molar-refractivity contribution is -0.122. The third kappa shape index (κ3) is 6.19. The molecule has 0 spiro atoms. The van der Waals surface area contributed by atoms with Gasteiger partial charge in [0, 0.05) is 23.7 Å². The van der Waals surface area contributed by atoms with Crippen LogP contribution in [0.1, 0.15) is 6.92 Å². The lowest BCUT2D eigenvalue weighted by Crippen LogP contribution is -2.45. The normalized spacial score (nSPS) is 15.6. The van der Waals surface area contributed by atoms with Crippen LogP contribution in [0.3, 0.4) is 0 Å². The second kappa shape index (κ2) is 10.2. The highest BCUT2D eigenvalue weighted by molar-refractivity contribution is 7.99. The quantitative estimate of drug-likeness (QED) is 0.530. The molecule has 3 rings (SSSR count). The van der Waals surface area contributed by atoms with Gasteiger partial charge in [0.2, 0.25) is 5.91 Å². The molecule has 1 aliphatic heterocycles. The Hall–Kier alpha value is -2.18. The van der Waals surface area contributed by atoms with Crippen molar-refractivity contribution in [3.63, 3.8) is 0 Å². The van der Waals surface area contributed by atoms with Crippen molar-refractivity contribution >= 4 is 17.7 Å². The number of carbonyl (C=O) groups excluding carboxylic acids is 1. The molecule has 2 aromatic rings. The number of amides is 1. The summed E-state index contributed by atoms with van der Waals surface area (Å²) in [5.41, 5.74) is 0. The van der Waals surface area contributed by atoms with Crippen molar-refractivity contribution in [2.24, 2.45) is 0 Å². The fraction of sp³-hybridized carbons (Fsp3) is 0.381. The third-order valence-electron chi connectivity index (χ3n) is 4.28. The van der Waals surface area contributed by atoms with E-state index in [0.717, 1.165) is 23.8 Å². The molecule has 1 unspecified atom stereocenters. The molecule has 144 valence electrons. The summed E-state index contributed by atoms with van der Waals surface area (Å²) in [5, 5.41) is 3.00. The van der Waals surface area contributed by atoms with Gasteiger partial charge < -0.3 is 14.8 Å². The van der Waals surface area contributed by atoms with Crippen LogP contribution >= 0.6 is 11.8 Å². The SMILES string of the molecule is CCN(CC(=O)NCCSc1ccccc1)CC1COc2ccccc2O1. The van der Waals surface area contributed by atoms with Gasteiger partial charge in [0.25, 0.3) is 0 Å². The van der Waals surface area contributed by atoms with Gasteiger partial charge in [-0.3, -0.25) is 9.69 Å². The number of para-hydroxylation sites is 2. The average molecular weight is 387 g/mol. The maximum Gasteiger partial charge on any atom is 0.234 e. The van der Waals surface area contributed by atoms with E-state index in [1.807, 2.05) is 42.5 Å². The third-order valence-corrected chi connectivity index (χ3v) is 5.29. The molecule has 2 aromatic carbocycles. The number of rotatable bonds is 9. The summed E-state index contributed by atoms with van der Waals surface area (Å²) >= 11 is 1.74. The number of thioether (sulfide) groups is 1. The number of ether oxygens (including phenoxy) is 2. The highest BCUT2D eigenvalue weighted by Gasteiger charge is 2.23. The molecule has 0 saturated heterocycles. The molecule has 6 heteroatoms. The summed E-state index contributed by atoms with van der Waals surface area (Å²) in [4.78, 5) is 15.5. The van der Waals surface area contributed by atoms with Crippen LogP contribution in [0.15, 0.2) is 59.5 Å². The van der Waals surface area contributed by atoms with Crippen LogP contribution in [0.25, 0.3) is 0 Å².